The topological polar surface area (TPSA) is 27.7 Å². The fourth-order valence-electron chi connectivity index (χ4n) is 1.25. The Morgan fingerprint density at radius 1 is 1.50 bits per heavy atom. The monoisotopic (exact) mass is 172 g/mol. The van der Waals surface area contributed by atoms with Crippen molar-refractivity contribution in [3.63, 3.8) is 0 Å². The molecule has 0 aromatic carbocycles. The fourth-order valence-corrected chi connectivity index (χ4v) is 1.25. The minimum Gasteiger partial charge on any atom is -0.444 e. The molecule has 0 bridgehead atoms. The van der Waals surface area contributed by atoms with Crippen LogP contribution >= 0.6 is 0 Å². The first kappa shape index (κ1) is 9.55. The Morgan fingerprint density at radius 3 is 2.58 bits per heavy atom. The molecule has 0 aromatic rings. The molecule has 1 heterocycles. The lowest BCUT2D eigenvalue weighted by atomic mass is 10.3. The Hall–Kier alpha value is -0.540. The SMILES string of the molecule is CCCC1=CCC(OC)(OC)O1. The number of methoxy groups -OCH3 is 2. The van der Waals surface area contributed by atoms with Crippen LogP contribution in [0.15, 0.2) is 11.8 Å². The second kappa shape index (κ2) is 3.92. The zero-order valence-electron chi connectivity index (χ0n) is 7.92. The third-order valence-electron chi connectivity index (χ3n) is 1.98. The van der Waals surface area contributed by atoms with Crippen LogP contribution in [0.2, 0.25) is 0 Å². The highest BCUT2D eigenvalue weighted by molar-refractivity contribution is 5.01. The molecule has 3 heteroatoms. The minimum absolute atomic E-state index is 0.676. The maximum Gasteiger partial charge on any atom is 0.329 e. The molecule has 70 valence electrons. The number of allylic oxidation sites excluding steroid dienone is 1. The van der Waals surface area contributed by atoms with Crippen LogP contribution in [0.25, 0.3) is 0 Å². The second-order valence-electron chi connectivity index (χ2n) is 2.82. The van der Waals surface area contributed by atoms with Gasteiger partial charge in [0.05, 0.1) is 12.2 Å². The van der Waals surface area contributed by atoms with Crippen LogP contribution in [0, 0.1) is 0 Å². The molecule has 0 aliphatic carbocycles. The Kier molecular flexibility index (Phi) is 3.12. The average Bonchev–Trinajstić information content (AvgIpc) is 2.50. The lowest BCUT2D eigenvalue weighted by Crippen LogP contribution is -2.32. The molecule has 0 unspecified atom stereocenters. The number of ether oxygens (including phenoxy) is 3. The molecular formula is C9H16O3. The summed E-state index contributed by atoms with van der Waals surface area (Å²) in [6.07, 6.45) is 4.73. The summed E-state index contributed by atoms with van der Waals surface area (Å²) in [6.45, 7) is 2.11. The van der Waals surface area contributed by atoms with Gasteiger partial charge in [-0.2, -0.15) is 0 Å². The lowest BCUT2D eigenvalue weighted by molar-refractivity contribution is -0.335. The van der Waals surface area contributed by atoms with Gasteiger partial charge in [0.1, 0.15) is 0 Å². The predicted molar refractivity (Wildman–Crippen MR) is 45.4 cm³/mol. The molecule has 0 saturated heterocycles. The number of rotatable bonds is 4. The molecule has 0 fully saturated rings. The molecule has 0 amide bonds. The van der Waals surface area contributed by atoms with Gasteiger partial charge in [-0.15, -0.1) is 0 Å². The van der Waals surface area contributed by atoms with Crippen LogP contribution < -0.4 is 0 Å². The van der Waals surface area contributed by atoms with Gasteiger partial charge < -0.3 is 14.2 Å². The van der Waals surface area contributed by atoms with E-state index in [1.165, 1.54) is 0 Å². The summed E-state index contributed by atoms with van der Waals surface area (Å²) >= 11 is 0. The van der Waals surface area contributed by atoms with Crippen molar-refractivity contribution in [3.05, 3.63) is 11.8 Å². The minimum atomic E-state index is -0.843. The normalized spacial score (nSPS) is 20.4. The first-order valence-electron chi connectivity index (χ1n) is 4.24. The van der Waals surface area contributed by atoms with E-state index in [1.54, 1.807) is 14.2 Å². The van der Waals surface area contributed by atoms with E-state index in [-0.39, 0.29) is 0 Å². The van der Waals surface area contributed by atoms with Crippen LogP contribution in [0.5, 0.6) is 0 Å². The first-order valence-corrected chi connectivity index (χ1v) is 4.24. The highest BCUT2D eigenvalue weighted by Gasteiger charge is 2.36. The molecule has 0 N–H and O–H groups in total. The van der Waals surface area contributed by atoms with Crippen LogP contribution in [-0.4, -0.2) is 20.2 Å². The van der Waals surface area contributed by atoms with Crippen molar-refractivity contribution in [1.29, 1.82) is 0 Å². The van der Waals surface area contributed by atoms with E-state index < -0.39 is 5.97 Å². The summed E-state index contributed by atoms with van der Waals surface area (Å²) in [7, 11) is 3.18. The average molecular weight is 172 g/mol. The molecule has 0 radical (unpaired) electrons. The molecule has 12 heavy (non-hydrogen) atoms. The lowest BCUT2D eigenvalue weighted by Gasteiger charge is -2.25. The third-order valence-corrected chi connectivity index (χ3v) is 1.98. The van der Waals surface area contributed by atoms with E-state index in [1.807, 2.05) is 6.08 Å². The molecular weight excluding hydrogens is 156 g/mol. The molecule has 1 aliphatic heterocycles. The van der Waals surface area contributed by atoms with Crippen LogP contribution in [0.1, 0.15) is 26.2 Å². The van der Waals surface area contributed by atoms with Crippen molar-refractivity contribution in [2.45, 2.75) is 32.2 Å². The van der Waals surface area contributed by atoms with Crippen molar-refractivity contribution < 1.29 is 14.2 Å². The van der Waals surface area contributed by atoms with Gasteiger partial charge in [-0.05, 0) is 12.5 Å². The Bertz CT molecular complexity index is 171. The van der Waals surface area contributed by atoms with E-state index in [0.29, 0.717) is 6.42 Å². The van der Waals surface area contributed by atoms with Crippen molar-refractivity contribution in [2.75, 3.05) is 14.2 Å². The Labute approximate surface area is 73.3 Å². The first-order chi connectivity index (χ1) is 5.76. The van der Waals surface area contributed by atoms with Crippen molar-refractivity contribution in [1.82, 2.24) is 0 Å². The highest BCUT2D eigenvalue weighted by Crippen LogP contribution is 2.31. The van der Waals surface area contributed by atoms with Crippen molar-refractivity contribution >= 4 is 0 Å². The van der Waals surface area contributed by atoms with Crippen LogP contribution in [0.4, 0.5) is 0 Å². The maximum absolute atomic E-state index is 5.50. The standard InChI is InChI=1S/C9H16O3/c1-4-5-8-6-7-9(10-2,11-3)12-8/h6H,4-5,7H2,1-3H3. The molecule has 0 spiro atoms. The van der Waals surface area contributed by atoms with E-state index >= 15 is 0 Å². The van der Waals surface area contributed by atoms with Gasteiger partial charge in [0.2, 0.25) is 0 Å². The quantitative estimate of drug-likeness (QED) is 0.607. The van der Waals surface area contributed by atoms with Crippen molar-refractivity contribution in [3.8, 4) is 0 Å². The summed E-state index contributed by atoms with van der Waals surface area (Å²) in [4.78, 5) is 0. The van der Waals surface area contributed by atoms with Crippen LogP contribution in [0.3, 0.4) is 0 Å². The Balaban J connectivity index is 2.48. The fraction of sp³-hybridized carbons (Fsp3) is 0.778. The van der Waals surface area contributed by atoms with Gasteiger partial charge in [-0.25, -0.2) is 0 Å². The summed E-state index contributed by atoms with van der Waals surface area (Å²) in [5.74, 6) is 0.131. The second-order valence-corrected chi connectivity index (χ2v) is 2.82. The molecule has 1 aliphatic rings. The van der Waals surface area contributed by atoms with Gasteiger partial charge in [-0.1, -0.05) is 6.92 Å². The third kappa shape index (κ3) is 1.79. The molecule has 3 nitrogen and oxygen atoms in total. The molecule has 0 atom stereocenters. The van der Waals surface area contributed by atoms with Crippen LogP contribution in [-0.2, 0) is 14.2 Å². The largest absolute Gasteiger partial charge is 0.444 e. The van der Waals surface area contributed by atoms with Gasteiger partial charge in [0.15, 0.2) is 0 Å². The summed E-state index contributed by atoms with van der Waals surface area (Å²) in [6, 6.07) is 0. The Morgan fingerprint density at radius 2 is 2.17 bits per heavy atom. The molecule has 0 aromatic heterocycles. The highest BCUT2D eigenvalue weighted by atomic mass is 16.9. The molecule has 0 saturated carbocycles. The van der Waals surface area contributed by atoms with Gasteiger partial charge >= 0.3 is 5.97 Å². The van der Waals surface area contributed by atoms with E-state index in [2.05, 4.69) is 6.92 Å². The zero-order chi connectivity index (χ0) is 9.03. The number of hydrogen-bond acceptors (Lipinski definition) is 3. The summed E-state index contributed by atoms with van der Waals surface area (Å²) in [5.41, 5.74) is 0. The van der Waals surface area contributed by atoms with E-state index in [0.717, 1.165) is 18.6 Å². The smallest absolute Gasteiger partial charge is 0.329 e. The maximum atomic E-state index is 5.50. The predicted octanol–water partition coefficient (Wildman–Crippen LogP) is 2.04. The number of hydrogen-bond donors (Lipinski definition) is 0. The van der Waals surface area contributed by atoms with Gasteiger partial charge in [-0.3, -0.25) is 0 Å². The van der Waals surface area contributed by atoms with Gasteiger partial charge in [0.25, 0.3) is 0 Å². The van der Waals surface area contributed by atoms with E-state index in [9.17, 15) is 0 Å². The van der Waals surface area contributed by atoms with E-state index in [4.69, 9.17) is 14.2 Å². The van der Waals surface area contributed by atoms with Gasteiger partial charge in [0, 0.05) is 20.6 Å². The summed E-state index contributed by atoms with van der Waals surface area (Å²) in [5, 5.41) is 0. The molecule has 1 rings (SSSR count). The zero-order valence-corrected chi connectivity index (χ0v) is 7.92. The van der Waals surface area contributed by atoms with Crippen molar-refractivity contribution in [2.24, 2.45) is 0 Å². The summed E-state index contributed by atoms with van der Waals surface area (Å²) < 4.78 is 15.8.